The molecule has 0 unspecified atom stereocenters. The number of benzene rings is 2. The first-order valence-electron chi connectivity index (χ1n) is 9.77. The maximum Gasteiger partial charge on any atom is 0.246 e. The van der Waals surface area contributed by atoms with Crippen molar-refractivity contribution < 1.29 is 13.7 Å². The van der Waals surface area contributed by atoms with Crippen molar-refractivity contribution in [2.24, 2.45) is 0 Å². The molecule has 2 aromatic carbocycles. The molecule has 0 aliphatic heterocycles. The summed E-state index contributed by atoms with van der Waals surface area (Å²) in [5, 5.41) is 7.99. The van der Waals surface area contributed by atoms with Gasteiger partial charge in [0.05, 0.1) is 13.7 Å². The van der Waals surface area contributed by atoms with Gasteiger partial charge >= 0.3 is 0 Å². The average molecular weight is 428 g/mol. The van der Waals surface area contributed by atoms with Gasteiger partial charge in [-0.15, -0.1) is 0 Å². The Hall–Kier alpha value is -4.40. The number of hydrogen-bond donors (Lipinski definition) is 1. The number of aromatic nitrogens is 5. The van der Waals surface area contributed by atoms with Crippen molar-refractivity contribution in [1.29, 1.82) is 0 Å². The van der Waals surface area contributed by atoms with Crippen molar-refractivity contribution in [3.05, 3.63) is 79.0 Å². The molecule has 5 rings (SSSR count). The van der Waals surface area contributed by atoms with E-state index in [0.29, 0.717) is 28.8 Å². The van der Waals surface area contributed by atoms with E-state index in [1.54, 1.807) is 31.6 Å². The zero-order valence-electron chi connectivity index (χ0n) is 17.0. The first-order chi connectivity index (χ1) is 15.7. The quantitative estimate of drug-likeness (QED) is 0.422. The van der Waals surface area contributed by atoms with Crippen molar-refractivity contribution in [3.8, 4) is 28.3 Å². The molecule has 3 heterocycles. The van der Waals surface area contributed by atoms with Crippen LogP contribution in [-0.4, -0.2) is 32.2 Å². The summed E-state index contributed by atoms with van der Waals surface area (Å²) in [6, 6.07) is 13.7. The Morgan fingerprint density at radius 2 is 1.78 bits per heavy atom. The lowest BCUT2D eigenvalue weighted by Gasteiger charge is -2.12. The maximum atomic E-state index is 13.4. The third kappa shape index (κ3) is 3.83. The standard InChI is InChI=1S/C23H17FN6O2/c1-31-19-11-16(14-2-4-17(24)5-3-14)10-18-21(19)27-13-28-23(18)26-12-20-29-22(30-32-20)15-6-8-25-9-7-15/h2-11,13H,12H2,1H3,(H,26,27,28). The van der Waals surface area contributed by atoms with Crippen LogP contribution in [0.3, 0.4) is 0 Å². The van der Waals surface area contributed by atoms with Gasteiger partial charge in [0, 0.05) is 23.3 Å². The van der Waals surface area contributed by atoms with Gasteiger partial charge in [-0.25, -0.2) is 14.4 Å². The van der Waals surface area contributed by atoms with E-state index in [4.69, 9.17) is 9.26 Å². The van der Waals surface area contributed by atoms with Crippen molar-refractivity contribution in [1.82, 2.24) is 25.1 Å². The Balaban J connectivity index is 1.47. The molecule has 32 heavy (non-hydrogen) atoms. The highest BCUT2D eigenvalue weighted by Crippen LogP contribution is 2.34. The maximum absolute atomic E-state index is 13.4. The summed E-state index contributed by atoms with van der Waals surface area (Å²) in [7, 11) is 1.58. The molecule has 0 saturated carbocycles. The van der Waals surface area contributed by atoms with Crippen LogP contribution in [0, 0.1) is 5.82 Å². The molecular formula is C23H17FN6O2. The second-order valence-corrected chi connectivity index (χ2v) is 6.91. The normalized spacial score (nSPS) is 10.9. The van der Waals surface area contributed by atoms with Gasteiger partial charge in [0.15, 0.2) is 0 Å². The summed E-state index contributed by atoms with van der Waals surface area (Å²) in [4.78, 5) is 17.1. The van der Waals surface area contributed by atoms with E-state index in [0.717, 1.165) is 22.1 Å². The van der Waals surface area contributed by atoms with E-state index < -0.39 is 0 Å². The molecule has 0 saturated heterocycles. The lowest BCUT2D eigenvalue weighted by atomic mass is 10.0. The summed E-state index contributed by atoms with van der Waals surface area (Å²) in [5.41, 5.74) is 3.17. The zero-order valence-corrected chi connectivity index (χ0v) is 17.0. The topological polar surface area (TPSA) is 98.8 Å². The predicted octanol–water partition coefficient (Wildman–Crippen LogP) is 4.50. The van der Waals surface area contributed by atoms with Crippen molar-refractivity contribution in [2.45, 2.75) is 6.54 Å². The number of methoxy groups -OCH3 is 1. The molecule has 0 aliphatic rings. The van der Waals surface area contributed by atoms with Crippen molar-refractivity contribution in [2.75, 3.05) is 12.4 Å². The number of pyridine rings is 1. The van der Waals surface area contributed by atoms with Gasteiger partial charge in [-0.1, -0.05) is 17.3 Å². The Kier molecular flexibility index (Phi) is 5.12. The highest BCUT2D eigenvalue weighted by Gasteiger charge is 2.14. The van der Waals surface area contributed by atoms with Crippen LogP contribution >= 0.6 is 0 Å². The van der Waals surface area contributed by atoms with E-state index >= 15 is 0 Å². The zero-order chi connectivity index (χ0) is 21.9. The number of fused-ring (bicyclic) bond motifs is 1. The monoisotopic (exact) mass is 428 g/mol. The molecule has 0 amide bonds. The number of ether oxygens (including phenoxy) is 1. The molecule has 5 aromatic rings. The van der Waals surface area contributed by atoms with E-state index in [-0.39, 0.29) is 12.4 Å². The predicted molar refractivity (Wildman–Crippen MR) is 116 cm³/mol. The molecular weight excluding hydrogens is 411 g/mol. The number of nitrogens with zero attached hydrogens (tertiary/aromatic N) is 5. The van der Waals surface area contributed by atoms with Gasteiger partial charge < -0.3 is 14.6 Å². The van der Waals surface area contributed by atoms with Crippen LogP contribution < -0.4 is 10.1 Å². The molecule has 1 N–H and O–H groups in total. The lowest BCUT2D eigenvalue weighted by Crippen LogP contribution is -2.03. The summed E-state index contributed by atoms with van der Waals surface area (Å²) in [5.74, 6) is 1.77. The molecule has 3 aromatic heterocycles. The largest absolute Gasteiger partial charge is 0.494 e. The minimum absolute atomic E-state index is 0.271. The van der Waals surface area contributed by atoms with E-state index in [1.165, 1.54) is 18.5 Å². The number of halogens is 1. The minimum atomic E-state index is -0.294. The lowest BCUT2D eigenvalue weighted by molar-refractivity contribution is 0.384. The summed E-state index contributed by atoms with van der Waals surface area (Å²) in [6.07, 6.45) is 4.80. The van der Waals surface area contributed by atoms with Crippen LogP contribution in [0.4, 0.5) is 10.2 Å². The molecule has 0 bridgehead atoms. The second kappa shape index (κ2) is 8.38. The highest BCUT2D eigenvalue weighted by molar-refractivity contribution is 5.96. The SMILES string of the molecule is COc1cc(-c2ccc(F)cc2)cc2c(NCc3nc(-c4ccncc4)no3)ncnc12. The molecule has 8 nitrogen and oxygen atoms in total. The smallest absolute Gasteiger partial charge is 0.246 e. The molecule has 0 radical (unpaired) electrons. The summed E-state index contributed by atoms with van der Waals surface area (Å²) >= 11 is 0. The number of rotatable bonds is 6. The number of hydrogen-bond acceptors (Lipinski definition) is 8. The van der Waals surface area contributed by atoms with E-state index in [9.17, 15) is 4.39 Å². The van der Waals surface area contributed by atoms with E-state index in [1.807, 2.05) is 24.3 Å². The first kappa shape index (κ1) is 19.6. The van der Waals surface area contributed by atoms with Crippen LogP contribution in [-0.2, 0) is 6.54 Å². The van der Waals surface area contributed by atoms with Crippen molar-refractivity contribution in [3.63, 3.8) is 0 Å². The van der Waals surface area contributed by atoms with E-state index in [2.05, 4.69) is 30.4 Å². The average Bonchev–Trinajstić information content (AvgIpc) is 3.32. The Morgan fingerprint density at radius 3 is 2.56 bits per heavy atom. The van der Waals surface area contributed by atoms with Gasteiger partial charge in [0.1, 0.15) is 29.2 Å². The fourth-order valence-electron chi connectivity index (χ4n) is 3.35. The molecule has 0 aliphatic carbocycles. The van der Waals surface area contributed by atoms with Crippen LogP contribution in [0.15, 0.2) is 71.8 Å². The molecule has 0 atom stereocenters. The van der Waals surface area contributed by atoms with Crippen LogP contribution in [0.2, 0.25) is 0 Å². The molecule has 9 heteroatoms. The molecule has 0 fully saturated rings. The first-order valence-corrected chi connectivity index (χ1v) is 9.77. The fourth-order valence-corrected chi connectivity index (χ4v) is 3.35. The molecule has 0 spiro atoms. The van der Waals surface area contributed by atoms with Crippen LogP contribution in [0.1, 0.15) is 5.89 Å². The number of anilines is 1. The minimum Gasteiger partial charge on any atom is -0.494 e. The highest BCUT2D eigenvalue weighted by atomic mass is 19.1. The van der Waals surface area contributed by atoms with Crippen LogP contribution in [0.5, 0.6) is 5.75 Å². The second-order valence-electron chi connectivity index (χ2n) is 6.91. The molecule has 158 valence electrons. The van der Waals surface area contributed by atoms with Gasteiger partial charge in [-0.3, -0.25) is 4.98 Å². The van der Waals surface area contributed by atoms with Gasteiger partial charge in [-0.2, -0.15) is 4.98 Å². The van der Waals surface area contributed by atoms with Gasteiger partial charge in [0.25, 0.3) is 0 Å². The third-order valence-electron chi connectivity index (χ3n) is 4.91. The van der Waals surface area contributed by atoms with Gasteiger partial charge in [0.2, 0.25) is 11.7 Å². The summed E-state index contributed by atoms with van der Waals surface area (Å²) in [6.45, 7) is 0.271. The Morgan fingerprint density at radius 1 is 0.969 bits per heavy atom. The van der Waals surface area contributed by atoms with Crippen LogP contribution in [0.25, 0.3) is 33.4 Å². The summed E-state index contributed by atoms with van der Waals surface area (Å²) < 4.78 is 24.3. The Bertz CT molecular complexity index is 1370. The van der Waals surface area contributed by atoms with Gasteiger partial charge in [-0.05, 0) is 47.5 Å². The number of nitrogens with one attached hydrogen (secondary N) is 1. The van der Waals surface area contributed by atoms with Crippen molar-refractivity contribution >= 4 is 16.7 Å². The third-order valence-corrected chi connectivity index (χ3v) is 4.91. The fraction of sp³-hybridized carbons (Fsp3) is 0.0870. The Labute approximate surface area is 182 Å².